The van der Waals surface area contributed by atoms with Crippen LogP contribution in [-0.2, 0) is 0 Å². The van der Waals surface area contributed by atoms with Crippen molar-refractivity contribution in [3.8, 4) is 0 Å². The van der Waals surface area contributed by atoms with E-state index < -0.39 is 12.2 Å². The van der Waals surface area contributed by atoms with Gasteiger partial charge in [0.25, 0.3) is 0 Å². The first-order valence-corrected chi connectivity index (χ1v) is 6.97. The zero-order valence-electron chi connectivity index (χ0n) is 10.1. The Morgan fingerprint density at radius 3 is 1.50 bits per heavy atom. The van der Waals surface area contributed by atoms with Crippen LogP contribution in [0.1, 0.15) is 26.7 Å². The third-order valence-corrected chi connectivity index (χ3v) is 6.92. The van der Waals surface area contributed by atoms with Gasteiger partial charge in [-0.1, -0.05) is 13.8 Å². The van der Waals surface area contributed by atoms with Crippen LogP contribution >= 0.6 is 0 Å². The monoisotopic (exact) mass is 222 g/mol. The van der Waals surface area contributed by atoms with Crippen LogP contribution in [0, 0.1) is 47.3 Å². The zero-order valence-corrected chi connectivity index (χ0v) is 10.1. The van der Waals surface area contributed by atoms with Crippen LogP contribution in [0.15, 0.2) is 0 Å². The van der Waals surface area contributed by atoms with Crippen LogP contribution in [0.4, 0.5) is 0 Å². The summed E-state index contributed by atoms with van der Waals surface area (Å²) in [6.45, 7) is 4.81. The molecule has 0 aromatic carbocycles. The first-order chi connectivity index (χ1) is 7.61. The maximum Gasteiger partial charge on any atom is 0.0833 e. The van der Waals surface area contributed by atoms with Crippen molar-refractivity contribution < 1.29 is 10.2 Å². The predicted octanol–water partition coefficient (Wildman–Crippen LogP) is 1.51. The van der Waals surface area contributed by atoms with E-state index in [1.165, 1.54) is 6.42 Å². The second-order valence-corrected chi connectivity index (χ2v) is 6.98. The third-order valence-electron chi connectivity index (χ3n) is 6.92. The molecule has 4 bridgehead atoms. The topological polar surface area (TPSA) is 40.5 Å². The minimum Gasteiger partial charge on any atom is -0.390 e. The Morgan fingerprint density at radius 2 is 1.06 bits per heavy atom. The van der Waals surface area contributed by atoms with Crippen LogP contribution < -0.4 is 0 Å². The van der Waals surface area contributed by atoms with Crippen molar-refractivity contribution in [2.24, 2.45) is 47.3 Å². The van der Waals surface area contributed by atoms with E-state index in [1.807, 2.05) is 0 Å². The molecule has 0 amide bonds. The fourth-order valence-corrected chi connectivity index (χ4v) is 6.18. The van der Waals surface area contributed by atoms with Crippen molar-refractivity contribution in [3.05, 3.63) is 0 Å². The summed E-state index contributed by atoms with van der Waals surface area (Å²) in [5, 5.41) is 20.1. The van der Waals surface area contributed by atoms with E-state index in [0.717, 1.165) is 41.9 Å². The van der Waals surface area contributed by atoms with Gasteiger partial charge in [-0.25, -0.2) is 0 Å². The van der Waals surface area contributed by atoms with E-state index in [4.69, 9.17) is 0 Å². The summed E-state index contributed by atoms with van der Waals surface area (Å²) in [7, 11) is 0. The Hall–Kier alpha value is -0.0800. The molecule has 0 spiro atoms. The van der Waals surface area contributed by atoms with Crippen molar-refractivity contribution in [1.29, 1.82) is 0 Å². The highest BCUT2D eigenvalue weighted by Gasteiger charge is 2.68. The highest BCUT2D eigenvalue weighted by Crippen LogP contribution is 2.70. The van der Waals surface area contributed by atoms with Gasteiger partial charge in [0.15, 0.2) is 0 Å². The predicted molar refractivity (Wildman–Crippen MR) is 60.5 cm³/mol. The fraction of sp³-hybridized carbons (Fsp3) is 1.00. The van der Waals surface area contributed by atoms with Crippen LogP contribution in [0.3, 0.4) is 0 Å². The standard InChI is InChI=1S/C14H22O2/c1-5-6(2)8-3-7(5)11-9-4-10(12(8)11)14(16)13(9)15/h5-16H,3-4H2,1-2H3. The molecule has 2 N–H and O–H groups in total. The molecule has 4 rings (SSSR count). The molecule has 90 valence electrons. The van der Waals surface area contributed by atoms with Crippen LogP contribution in [0.2, 0.25) is 0 Å². The third kappa shape index (κ3) is 0.862. The smallest absolute Gasteiger partial charge is 0.0833 e. The molecule has 4 saturated carbocycles. The van der Waals surface area contributed by atoms with Gasteiger partial charge >= 0.3 is 0 Å². The van der Waals surface area contributed by atoms with Gasteiger partial charge < -0.3 is 10.2 Å². The van der Waals surface area contributed by atoms with E-state index in [9.17, 15) is 10.2 Å². The Morgan fingerprint density at radius 1 is 0.688 bits per heavy atom. The number of aliphatic hydroxyl groups excluding tert-OH is 2. The highest BCUT2D eigenvalue weighted by molar-refractivity contribution is 5.16. The van der Waals surface area contributed by atoms with Gasteiger partial charge in [-0.2, -0.15) is 0 Å². The lowest BCUT2D eigenvalue weighted by atomic mass is 9.63. The Balaban J connectivity index is 1.73. The molecule has 2 nitrogen and oxygen atoms in total. The van der Waals surface area contributed by atoms with E-state index in [-0.39, 0.29) is 0 Å². The number of rotatable bonds is 0. The van der Waals surface area contributed by atoms with Gasteiger partial charge in [-0.15, -0.1) is 0 Å². The molecule has 4 aliphatic carbocycles. The van der Waals surface area contributed by atoms with Gasteiger partial charge in [0.1, 0.15) is 0 Å². The largest absolute Gasteiger partial charge is 0.390 e. The molecule has 0 radical (unpaired) electrons. The molecular weight excluding hydrogens is 200 g/mol. The molecule has 16 heavy (non-hydrogen) atoms. The summed E-state index contributed by atoms with van der Waals surface area (Å²) in [4.78, 5) is 0. The molecule has 4 fully saturated rings. The van der Waals surface area contributed by atoms with Gasteiger partial charge in [-0.05, 0) is 60.2 Å². The van der Waals surface area contributed by atoms with Crippen molar-refractivity contribution in [2.75, 3.05) is 0 Å². The van der Waals surface area contributed by atoms with Crippen molar-refractivity contribution in [3.63, 3.8) is 0 Å². The summed E-state index contributed by atoms with van der Waals surface area (Å²) in [5.74, 6) is 5.73. The fourth-order valence-electron chi connectivity index (χ4n) is 6.18. The van der Waals surface area contributed by atoms with Gasteiger partial charge in [0.2, 0.25) is 0 Å². The summed E-state index contributed by atoms with van der Waals surface area (Å²) < 4.78 is 0. The first kappa shape index (κ1) is 9.90. The van der Waals surface area contributed by atoms with E-state index in [0.29, 0.717) is 11.8 Å². The number of aliphatic hydroxyl groups is 2. The average molecular weight is 222 g/mol. The molecule has 0 aromatic rings. The molecule has 2 heteroatoms. The summed E-state index contributed by atoms with van der Waals surface area (Å²) in [6, 6.07) is 0. The van der Waals surface area contributed by atoms with Gasteiger partial charge in [-0.3, -0.25) is 0 Å². The van der Waals surface area contributed by atoms with Crippen molar-refractivity contribution >= 4 is 0 Å². The number of hydrogen-bond acceptors (Lipinski definition) is 2. The molecule has 0 heterocycles. The van der Waals surface area contributed by atoms with Crippen LogP contribution in [-0.4, -0.2) is 22.4 Å². The van der Waals surface area contributed by atoms with E-state index in [2.05, 4.69) is 13.8 Å². The van der Waals surface area contributed by atoms with Crippen LogP contribution in [0.25, 0.3) is 0 Å². The molecular formula is C14H22O2. The lowest BCUT2D eigenvalue weighted by Gasteiger charge is -2.44. The molecule has 0 aromatic heterocycles. The Bertz CT molecular complexity index is 269. The second kappa shape index (κ2) is 2.84. The van der Waals surface area contributed by atoms with E-state index in [1.54, 1.807) is 0 Å². The number of fused-ring (bicyclic) bond motifs is 9. The SMILES string of the molecule is CC1C(C)C2CC1C1C3CC(C(O)C3O)C21. The Kier molecular flexibility index (Phi) is 1.76. The first-order valence-electron chi connectivity index (χ1n) is 6.97. The summed E-state index contributed by atoms with van der Waals surface area (Å²) in [6.07, 6.45) is 1.66. The normalized spacial score (nSPS) is 71.2. The van der Waals surface area contributed by atoms with Gasteiger partial charge in [0, 0.05) is 0 Å². The molecule has 10 unspecified atom stereocenters. The minimum atomic E-state index is -0.409. The molecule has 0 aliphatic heterocycles. The summed E-state index contributed by atoms with van der Waals surface area (Å²) in [5.41, 5.74) is 0. The number of hydrogen-bond donors (Lipinski definition) is 2. The molecule has 0 saturated heterocycles. The summed E-state index contributed by atoms with van der Waals surface area (Å²) >= 11 is 0. The molecule has 10 atom stereocenters. The lowest BCUT2D eigenvalue weighted by molar-refractivity contribution is -0.0816. The molecule has 4 aliphatic rings. The van der Waals surface area contributed by atoms with E-state index >= 15 is 0 Å². The van der Waals surface area contributed by atoms with Gasteiger partial charge in [0.05, 0.1) is 12.2 Å². The Labute approximate surface area is 97.0 Å². The quantitative estimate of drug-likeness (QED) is 0.610. The van der Waals surface area contributed by atoms with Crippen molar-refractivity contribution in [2.45, 2.75) is 38.9 Å². The minimum absolute atomic E-state index is 0.409. The van der Waals surface area contributed by atoms with Crippen molar-refractivity contribution in [1.82, 2.24) is 0 Å². The lowest BCUT2D eigenvalue weighted by Crippen LogP contribution is -2.47. The maximum absolute atomic E-state index is 10.1. The highest BCUT2D eigenvalue weighted by atomic mass is 16.3. The maximum atomic E-state index is 10.1. The average Bonchev–Trinajstić information content (AvgIpc) is 2.92. The zero-order chi connectivity index (χ0) is 11.2. The van der Waals surface area contributed by atoms with Crippen LogP contribution in [0.5, 0.6) is 0 Å². The second-order valence-electron chi connectivity index (χ2n) is 6.98.